The highest BCUT2D eigenvalue weighted by atomic mass is 79.9. The number of benzene rings is 3. The Morgan fingerprint density at radius 2 is 1.59 bits per heavy atom. The van der Waals surface area contributed by atoms with Gasteiger partial charge in [0.25, 0.3) is 11.8 Å². The molecular weight excluding hydrogens is 558 g/mol. The van der Waals surface area contributed by atoms with Crippen LogP contribution in [0, 0.1) is 0 Å². The minimum absolute atomic E-state index is 0.0926. The zero-order chi connectivity index (χ0) is 26.6. The standard InChI is InChI=1S/C28H29BrClN3O4/c1-28(2,37-23-11-4-19(29)5-12-23)27(35)31-21-7-9-22(10-8-21)32-14-16-33(17-15-32)26(34)24-18-20(30)6-13-25(24)36-3/h4-13,18H,14-17H2,1-3H3,(H,31,35). The highest BCUT2D eigenvalue weighted by Crippen LogP contribution is 2.26. The second-order valence-corrected chi connectivity index (χ2v) is 10.5. The molecule has 0 atom stereocenters. The number of carbonyl (C=O) groups excluding carboxylic acids is 2. The maximum absolute atomic E-state index is 13.0. The predicted molar refractivity (Wildman–Crippen MR) is 150 cm³/mol. The fraction of sp³-hybridized carbons (Fsp3) is 0.286. The lowest BCUT2D eigenvalue weighted by atomic mass is 10.1. The Morgan fingerprint density at radius 3 is 2.22 bits per heavy atom. The number of nitrogens with one attached hydrogen (secondary N) is 1. The molecule has 0 bridgehead atoms. The van der Waals surface area contributed by atoms with Gasteiger partial charge >= 0.3 is 0 Å². The molecule has 1 aliphatic heterocycles. The van der Waals surface area contributed by atoms with Gasteiger partial charge in [-0.3, -0.25) is 9.59 Å². The van der Waals surface area contributed by atoms with Crippen molar-refractivity contribution in [1.82, 2.24) is 4.90 Å². The lowest BCUT2D eigenvalue weighted by Gasteiger charge is -2.36. The molecule has 1 saturated heterocycles. The Morgan fingerprint density at radius 1 is 0.946 bits per heavy atom. The van der Waals surface area contributed by atoms with Gasteiger partial charge in [-0.2, -0.15) is 0 Å². The first-order valence-electron chi connectivity index (χ1n) is 11.9. The summed E-state index contributed by atoms with van der Waals surface area (Å²) < 4.78 is 12.2. The summed E-state index contributed by atoms with van der Waals surface area (Å²) in [6, 6.07) is 20.1. The molecule has 1 fully saturated rings. The van der Waals surface area contributed by atoms with Crippen molar-refractivity contribution in [2.75, 3.05) is 43.5 Å². The number of halogens is 2. The normalized spacial score (nSPS) is 13.8. The van der Waals surface area contributed by atoms with Gasteiger partial charge in [0.1, 0.15) is 11.5 Å². The summed E-state index contributed by atoms with van der Waals surface area (Å²) in [4.78, 5) is 29.9. The quantitative estimate of drug-likeness (QED) is 0.375. The average Bonchev–Trinajstić information content (AvgIpc) is 2.90. The number of rotatable bonds is 7. The van der Waals surface area contributed by atoms with Crippen LogP contribution >= 0.6 is 27.5 Å². The lowest BCUT2D eigenvalue weighted by molar-refractivity contribution is -0.128. The van der Waals surface area contributed by atoms with Crippen LogP contribution in [0.3, 0.4) is 0 Å². The number of methoxy groups -OCH3 is 1. The van der Waals surface area contributed by atoms with Gasteiger partial charge < -0.3 is 24.6 Å². The summed E-state index contributed by atoms with van der Waals surface area (Å²) in [5, 5.41) is 3.43. The van der Waals surface area contributed by atoms with Crippen LogP contribution < -0.4 is 19.7 Å². The van der Waals surface area contributed by atoms with Crippen molar-refractivity contribution in [3.05, 3.63) is 81.8 Å². The molecule has 0 aromatic heterocycles. The van der Waals surface area contributed by atoms with E-state index in [0.29, 0.717) is 54.0 Å². The van der Waals surface area contributed by atoms with Crippen LogP contribution in [0.25, 0.3) is 0 Å². The van der Waals surface area contributed by atoms with E-state index in [-0.39, 0.29) is 11.8 Å². The summed E-state index contributed by atoms with van der Waals surface area (Å²) in [7, 11) is 1.54. The third kappa shape index (κ3) is 6.56. The highest BCUT2D eigenvalue weighted by molar-refractivity contribution is 9.10. The number of piperazine rings is 1. The van der Waals surface area contributed by atoms with Crippen LogP contribution in [0.15, 0.2) is 71.2 Å². The molecule has 9 heteroatoms. The molecule has 0 unspecified atom stereocenters. The van der Waals surface area contributed by atoms with E-state index in [1.165, 1.54) is 0 Å². The molecule has 194 valence electrons. The van der Waals surface area contributed by atoms with E-state index < -0.39 is 5.60 Å². The second kappa shape index (κ2) is 11.4. The van der Waals surface area contributed by atoms with Gasteiger partial charge in [-0.05, 0) is 80.6 Å². The predicted octanol–water partition coefficient (Wildman–Crippen LogP) is 5.87. The van der Waals surface area contributed by atoms with Crippen molar-refractivity contribution in [3.63, 3.8) is 0 Å². The zero-order valence-corrected chi connectivity index (χ0v) is 23.3. The highest BCUT2D eigenvalue weighted by Gasteiger charge is 2.30. The average molecular weight is 587 g/mol. The van der Waals surface area contributed by atoms with Crippen LogP contribution in [0.2, 0.25) is 5.02 Å². The van der Waals surface area contributed by atoms with Crippen LogP contribution in [0.1, 0.15) is 24.2 Å². The van der Waals surface area contributed by atoms with Crippen LogP contribution in [0.4, 0.5) is 11.4 Å². The molecule has 37 heavy (non-hydrogen) atoms. The summed E-state index contributed by atoms with van der Waals surface area (Å²) in [6.45, 7) is 6.00. The SMILES string of the molecule is COc1ccc(Cl)cc1C(=O)N1CCN(c2ccc(NC(=O)C(C)(C)Oc3ccc(Br)cc3)cc2)CC1. The number of anilines is 2. The summed E-state index contributed by atoms with van der Waals surface area (Å²) in [5.41, 5.74) is 1.12. The van der Waals surface area contributed by atoms with Gasteiger partial charge in [-0.25, -0.2) is 0 Å². The Bertz CT molecular complexity index is 1260. The molecule has 0 spiro atoms. The number of hydrogen-bond donors (Lipinski definition) is 1. The molecule has 0 saturated carbocycles. The Labute approximate surface area is 230 Å². The van der Waals surface area contributed by atoms with Gasteiger partial charge in [0.05, 0.1) is 12.7 Å². The first-order chi connectivity index (χ1) is 17.7. The second-order valence-electron chi connectivity index (χ2n) is 9.19. The molecule has 2 amide bonds. The summed E-state index contributed by atoms with van der Waals surface area (Å²) >= 11 is 9.50. The van der Waals surface area contributed by atoms with E-state index >= 15 is 0 Å². The van der Waals surface area contributed by atoms with Crippen molar-refractivity contribution < 1.29 is 19.1 Å². The molecule has 1 heterocycles. The molecule has 3 aromatic rings. The van der Waals surface area contributed by atoms with Gasteiger partial charge in [-0.1, -0.05) is 27.5 Å². The number of ether oxygens (including phenoxy) is 2. The third-order valence-electron chi connectivity index (χ3n) is 6.18. The van der Waals surface area contributed by atoms with E-state index in [1.807, 2.05) is 53.4 Å². The van der Waals surface area contributed by atoms with E-state index in [9.17, 15) is 9.59 Å². The minimum Gasteiger partial charge on any atom is -0.496 e. The smallest absolute Gasteiger partial charge is 0.267 e. The number of nitrogens with zero attached hydrogens (tertiary/aromatic N) is 2. The fourth-order valence-electron chi connectivity index (χ4n) is 4.07. The van der Waals surface area contributed by atoms with Crippen molar-refractivity contribution >= 4 is 50.7 Å². The lowest BCUT2D eigenvalue weighted by Crippen LogP contribution is -2.48. The van der Waals surface area contributed by atoms with Crippen molar-refractivity contribution in [2.45, 2.75) is 19.4 Å². The van der Waals surface area contributed by atoms with Crippen molar-refractivity contribution in [2.24, 2.45) is 0 Å². The minimum atomic E-state index is -1.05. The van der Waals surface area contributed by atoms with E-state index in [1.54, 1.807) is 39.2 Å². The first-order valence-corrected chi connectivity index (χ1v) is 13.1. The molecule has 1 N–H and O–H groups in total. The number of amides is 2. The Balaban J connectivity index is 1.33. The summed E-state index contributed by atoms with van der Waals surface area (Å²) in [5.74, 6) is 0.793. The molecule has 7 nitrogen and oxygen atoms in total. The van der Waals surface area contributed by atoms with E-state index in [4.69, 9.17) is 21.1 Å². The van der Waals surface area contributed by atoms with Gasteiger partial charge in [0.2, 0.25) is 0 Å². The Hall–Kier alpha value is -3.23. The summed E-state index contributed by atoms with van der Waals surface area (Å²) in [6.07, 6.45) is 0. The molecule has 3 aromatic carbocycles. The van der Waals surface area contributed by atoms with Crippen molar-refractivity contribution in [1.29, 1.82) is 0 Å². The largest absolute Gasteiger partial charge is 0.496 e. The fourth-order valence-corrected chi connectivity index (χ4v) is 4.50. The van der Waals surface area contributed by atoms with Crippen LogP contribution in [-0.2, 0) is 4.79 Å². The van der Waals surface area contributed by atoms with Crippen molar-refractivity contribution in [3.8, 4) is 11.5 Å². The molecule has 1 aliphatic rings. The maximum Gasteiger partial charge on any atom is 0.267 e. The molecular formula is C28H29BrClN3O4. The van der Waals surface area contributed by atoms with Gasteiger partial charge in [0.15, 0.2) is 5.60 Å². The first kappa shape index (κ1) is 26.8. The topological polar surface area (TPSA) is 71.1 Å². The molecule has 0 aliphatic carbocycles. The monoisotopic (exact) mass is 585 g/mol. The van der Waals surface area contributed by atoms with Crippen LogP contribution in [0.5, 0.6) is 11.5 Å². The third-order valence-corrected chi connectivity index (χ3v) is 6.95. The number of hydrogen-bond acceptors (Lipinski definition) is 5. The maximum atomic E-state index is 13.0. The molecule has 4 rings (SSSR count). The Kier molecular flexibility index (Phi) is 8.29. The van der Waals surface area contributed by atoms with Gasteiger partial charge in [-0.15, -0.1) is 0 Å². The van der Waals surface area contributed by atoms with E-state index in [0.717, 1.165) is 10.2 Å². The van der Waals surface area contributed by atoms with Gasteiger partial charge in [0, 0.05) is 47.0 Å². The van der Waals surface area contributed by atoms with Crippen LogP contribution in [-0.4, -0.2) is 55.6 Å². The molecule has 0 radical (unpaired) electrons. The number of carbonyl (C=O) groups is 2. The zero-order valence-electron chi connectivity index (χ0n) is 21.0. The van der Waals surface area contributed by atoms with E-state index in [2.05, 4.69) is 26.1 Å².